The summed E-state index contributed by atoms with van der Waals surface area (Å²) < 4.78 is 37.9. The molecule has 0 radical (unpaired) electrons. The Morgan fingerprint density at radius 2 is 1.84 bits per heavy atom. The van der Waals surface area contributed by atoms with Crippen molar-refractivity contribution in [2.45, 2.75) is 25.9 Å². The van der Waals surface area contributed by atoms with Crippen molar-refractivity contribution in [2.24, 2.45) is 0 Å². The number of nitrogens with zero attached hydrogens (tertiary/aromatic N) is 1. The smallest absolute Gasteiger partial charge is 0.272 e. The minimum absolute atomic E-state index is 0.0526. The van der Waals surface area contributed by atoms with E-state index in [4.69, 9.17) is 0 Å². The van der Waals surface area contributed by atoms with Crippen molar-refractivity contribution in [3.8, 4) is 11.3 Å². The van der Waals surface area contributed by atoms with Gasteiger partial charge in [0.05, 0.1) is 4.47 Å². The average Bonchev–Trinajstić information content (AvgIpc) is 2.72. The normalized spacial score (nSPS) is 11.8. The molecule has 0 saturated carbocycles. The van der Waals surface area contributed by atoms with Crippen molar-refractivity contribution in [2.75, 3.05) is 0 Å². The summed E-state index contributed by atoms with van der Waals surface area (Å²) >= 11 is 2.96. The first-order valence-corrected chi connectivity index (χ1v) is 6.63. The Hall–Kier alpha value is -1.30. The fraction of sp³-hybridized carbons (Fsp3) is 0.308. The Kier molecular flexibility index (Phi) is 3.99. The Morgan fingerprint density at radius 1 is 1.21 bits per heavy atom. The molecule has 1 aromatic heterocycles. The molecule has 0 bridgehead atoms. The first-order valence-electron chi connectivity index (χ1n) is 5.84. The van der Waals surface area contributed by atoms with Crippen LogP contribution in [0, 0.1) is 0 Å². The van der Waals surface area contributed by atoms with Gasteiger partial charge in [-0.3, -0.25) is 5.10 Å². The first kappa shape index (κ1) is 14.1. The quantitative estimate of drug-likeness (QED) is 0.858. The zero-order chi connectivity index (χ0) is 14.0. The number of halogens is 4. The van der Waals surface area contributed by atoms with Gasteiger partial charge in [-0.2, -0.15) is 18.3 Å². The third-order valence-corrected chi connectivity index (χ3v) is 3.53. The van der Waals surface area contributed by atoms with Crippen LogP contribution in [0.4, 0.5) is 13.2 Å². The number of rotatable bonds is 3. The zero-order valence-electron chi connectivity index (χ0n) is 10.2. The van der Waals surface area contributed by atoms with E-state index in [9.17, 15) is 13.2 Å². The predicted molar refractivity (Wildman–Crippen MR) is 70.7 cm³/mol. The molecule has 2 rings (SSSR count). The number of alkyl halides is 3. The number of nitrogens with one attached hydrogen (secondary N) is 1. The highest BCUT2D eigenvalue weighted by Gasteiger charge is 2.36. The van der Waals surface area contributed by atoms with Gasteiger partial charge < -0.3 is 0 Å². The van der Waals surface area contributed by atoms with Crippen molar-refractivity contribution in [1.82, 2.24) is 10.2 Å². The molecule has 0 saturated heterocycles. The molecule has 102 valence electrons. The van der Waals surface area contributed by atoms with Crippen LogP contribution in [0.25, 0.3) is 11.3 Å². The second kappa shape index (κ2) is 5.36. The highest BCUT2D eigenvalue weighted by Crippen LogP contribution is 2.38. The molecule has 0 aliphatic carbocycles. The van der Waals surface area contributed by atoms with E-state index in [0.29, 0.717) is 5.56 Å². The molecule has 0 amide bonds. The van der Waals surface area contributed by atoms with E-state index < -0.39 is 11.9 Å². The van der Waals surface area contributed by atoms with Gasteiger partial charge in [0.1, 0.15) is 5.69 Å². The van der Waals surface area contributed by atoms with Gasteiger partial charge in [0.25, 0.3) is 0 Å². The summed E-state index contributed by atoms with van der Waals surface area (Å²) in [6.45, 7) is 2.08. The lowest BCUT2D eigenvalue weighted by atomic mass is 10.1. The van der Waals surface area contributed by atoms with Gasteiger partial charge in [-0.25, -0.2) is 0 Å². The van der Waals surface area contributed by atoms with Crippen molar-refractivity contribution >= 4 is 15.9 Å². The highest BCUT2D eigenvalue weighted by molar-refractivity contribution is 9.10. The molecule has 2 nitrogen and oxygen atoms in total. The standard InChI is InChI=1S/C13H12BrF3N2/c1-2-3-8-4-6-9(7-5-8)11-10(14)12(19-18-11)13(15,16)17/h4-7H,2-3H2,1H3,(H,18,19). The fourth-order valence-electron chi connectivity index (χ4n) is 1.83. The molecule has 0 atom stereocenters. The highest BCUT2D eigenvalue weighted by atomic mass is 79.9. The van der Waals surface area contributed by atoms with Crippen LogP contribution in [0.5, 0.6) is 0 Å². The van der Waals surface area contributed by atoms with Gasteiger partial charge in [0, 0.05) is 5.56 Å². The maximum absolute atomic E-state index is 12.6. The zero-order valence-corrected chi connectivity index (χ0v) is 11.8. The van der Waals surface area contributed by atoms with Crippen LogP contribution < -0.4 is 0 Å². The molecule has 0 unspecified atom stereocenters. The third kappa shape index (κ3) is 3.00. The number of aromatic amines is 1. The number of aryl methyl sites for hydroxylation is 1. The van der Waals surface area contributed by atoms with Crippen molar-refractivity contribution < 1.29 is 13.2 Å². The molecule has 6 heteroatoms. The molecular weight excluding hydrogens is 321 g/mol. The largest absolute Gasteiger partial charge is 0.433 e. The summed E-state index contributed by atoms with van der Waals surface area (Å²) in [6, 6.07) is 7.39. The Bertz CT molecular complexity index is 558. The lowest BCUT2D eigenvalue weighted by molar-refractivity contribution is -0.141. The molecule has 0 fully saturated rings. The lowest BCUT2D eigenvalue weighted by Crippen LogP contribution is -2.06. The van der Waals surface area contributed by atoms with Gasteiger partial charge in [-0.05, 0) is 27.9 Å². The summed E-state index contributed by atoms with van der Waals surface area (Å²) in [5.41, 5.74) is 1.22. The molecule has 0 aliphatic heterocycles. The molecule has 1 N–H and O–H groups in total. The van der Waals surface area contributed by atoms with E-state index in [2.05, 4.69) is 28.0 Å². The molecule has 0 spiro atoms. The topological polar surface area (TPSA) is 28.7 Å². The van der Waals surface area contributed by atoms with Crippen LogP contribution in [0.3, 0.4) is 0 Å². The van der Waals surface area contributed by atoms with Crippen LogP contribution in [0.15, 0.2) is 28.7 Å². The van der Waals surface area contributed by atoms with Crippen molar-refractivity contribution in [3.63, 3.8) is 0 Å². The second-order valence-electron chi connectivity index (χ2n) is 4.21. The van der Waals surface area contributed by atoms with Gasteiger partial charge in [0.2, 0.25) is 0 Å². The first-order chi connectivity index (χ1) is 8.93. The van der Waals surface area contributed by atoms with E-state index in [0.717, 1.165) is 18.4 Å². The van der Waals surface area contributed by atoms with E-state index in [1.807, 2.05) is 17.2 Å². The summed E-state index contributed by atoms with van der Waals surface area (Å²) in [4.78, 5) is 0. The summed E-state index contributed by atoms with van der Waals surface area (Å²) in [6.07, 6.45) is -2.45. The summed E-state index contributed by atoms with van der Waals surface area (Å²) in [5.74, 6) is 0. The number of benzene rings is 1. The third-order valence-electron chi connectivity index (χ3n) is 2.76. The fourth-order valence-corrected chi connectivity index (χ4v) is 2.46. The minimum atomic E-state index is -4.44. The molecule has 0 aliphatic rings. The number of hydrogen-bond donors (Lipinski definition) is 1. The Morgan fingerprint density at radius 3 is 2.32 bits per heavy atom. The number of aromatic nitrogens is 2. The SMILES string of the molecule is CCCc1ccc(-c2n[nH]c(C(F)(F)F)c2Br)cc1. The van der Waals surface area contributed by atoms with Gasteiger partial charge in [-0.15, -0.1) is 0 Å². The Balaban J connectivity index is 2.35. The van der Waals surface area contributed by atoms with E-state index in [-0.39, 0.29) is 10.2 Å². The molecular formula is C13H12BrF3N2. The average molecular weight is 333 g/mol. The van der Waals surface area contributed by atoms with Crippen LogP contribution in [-0.4, -0.2) is 10.2 Å². The maximum atomic E-state index is 12.6. The van der Waals surface area contributed by atoms with Crippen molar-refractivity contribution in [3.05, 3.63) is 40.0 Å². The van der Waals surface area contributed by atoms with Crippen molar-refractivity contribution in [1.29, 1.82) is 0 Å². The van der Waals surface area contributed by atoms with Crippen LogP contribution in [-0.2, 0) is 12.6 Å². The molecule has 1 aromatic carbocycles. The van der Waals surface area contributed by atoms with Crippen LogP contribution in [0.2, 0.25) is 0 Å². The number of hydrogen-bond acceptors (Lipinski definition) is 1. The monoisotopic (exact) mass is 332 g/mol. The van der Waals surface area contributed by atoms with Crippen LogP contribution in [0.1, 0.15) is 24.6 Å². The summed E-state index contributed by atoms with van der Waals surface area (Å²) in [7, 11) is 0. The van der Waals surface area contributed by atoms with E-state index in [1.54, 1.807) is 12.1 Å². The predicted octanol–water partition coefficient (Wildman–Crippen LogP) is 4.81. The lowest BCUT2D eigenvalue weighted by Gasteiger charge is -2.04. The molecule has 1 heterocycles. The minimum Gasteiger partial charge on any atom is -0.272 e. The van der Waals surface area contributed by atoms with Gasteiger partial charge >= 0.3 is 6.18 Å². The Labute approximate surface area is 117 Å². The van der Waals surface area contributed by atoms with E-state index >= 15 is 0 Å². The number of H-pyrrole nitrogens is 1. The summed E-state index contributed by atoms with van der Waals surface area (Å²) in [5, 5.41) is 5.77. The molecule has 2 aromatic rings. The van der Waals surface area contributed by atoms with Gasteiger partial charge in [0.15, 0.2) is 5.69 Å². The maximum Gasteiger partial charge on any atom is 0.433 e. The molecule has 19 heavy (non-hydrogen) atoms. The van der Waals surface area contributed by atoms with Crippen LogP contribution >= 0.6 is 15.9 Å². The van der Waals surface area contributed by atoms with Gasteiger partial charge in [-0.1, -0.05) is 37.6 Å². The van der Waals surface area contributed by atoms with E-state index in [1.165, 1.54) is 0 Å². The second-order valence-corrected chi connectivity index (χ2v) is 5.00.